The van der Waals surface area contributed by atoms with Crippen molar-refractivity contribution in [1.82, 2.24) is 0 Å². The van der Waals surface area contributed by atoms with Gasteiger partial charge in [-0.3, -0.25) is 4.31 Å². The van der Waals surface area contributed by atoms with Crippen molar-refractivity contribution >= 4 is 21.6 Å². The number of nitrogen functional groups attached to an aromatic ring is 1. The first kappa shape index (κ1) is 10.8. The lowest BCUT2D eigenvalue weighted by atomic mass is 10.3. The summed E-state index contributed by atoms with van der Waals surface area (Å²) in [6, 6.07) is 6.68. The molecular formula is C8H13N3O2S. The molecule has 0 aliphatic carbocycles. The average Bonchev–Trinajstić information content (AvgIpc) is 2.07. The van der Waals surface area contributed by atoms with Gasteiger partial charge in [0.1, 0.15) is 0 Å². The molecule has 0 aliphatic heterocycles. The highest BCUT2D eigenvalue weighted by atomic mass is 32.2. The third-order valence-electron chi connectivity index (χ3n) is 1.80. The summed E-state index contributed by atoms with van der Waals surface area (Å²) in [6.45, 7) is 1.95. The minimum absolute atomic E-state index is 0.257. The Bertz CT molecular complexity index is 416. The van der Waals surface area contributed by atoms with E-state index in [0.717, 1.165) is 4.31 Å². The third kappa shape index (κ3) is 2.15. The smallest absolute Gasteiger partial charge is 0.299 e. The maximum Gasteiger partial charge on any atom is 0.299 e. The Balaban J connectivity index is 3.21. The van der Waals surface area contributed by atoms with Crippen LogP contribution in [0.15, 0.2) is 24.3 Å². The second-order valence-electron chi connectivity index (χ2n) is 2.77. The molecule has 0 spiro atoms. The molecule has 4 N–H and O–H groups in total. The zero-order chi connectivity index (χ0) is 10.8. The van der Waals surface area contributed by atoms with Gasteiger partial charge in [-0.15, -0.1) is 0 Å². The first-order valence-electron chi connectivity index (χ1n) is 4.11. The SMILES string of the molecule is CCN(c1ccccc1N)S(N)(=O)=O. The van der Waals surface area contributed by atoms with Crippen molar-refractivity contribution in [3.8, 4) is 0 Å². The summed E-state index contributed by atoms with van der Waals surface area (Å²) in [5.74, 6) is 0. The number of para-hydroxylation sites is 2. The van der Waals surface area contributed by atoms with Gasteiger partial charge in [-0.05, 0) is 19.1 Å². The van der Waals surface area contributed by atoms with Crippen LogP contribution in [0.4, 0.5) is 11.4 Å². The largest absolute Gasteiger partial charge is 0.397 e. The van der Waals surface area contributed by atoms with Crippen molar-refractivity contribution in [3.63, 3.8) is 0 Å². The van der Waals surface area contributed by atoms with E-state index in [1.54, 1.807) is 31.2 Å². The van der Waals surface area contributed by atoms with E-state index in [9.17, 15) is 8.42 Å². The first-order chi connectivity index (χ1) is 6.46. The number of benzene rings is 1. The molecule has 6 heteroatoms. The van der Waals surface area contributed by atoms with E-state index >= 15 is 0 Å². The highest BCUT2D eigenvalue weighted by Crippen LogP contribution is 2.23. The molecule has 0 aromatic heterocycles. The van der Waals surface area contributed by atoms with E-state index in [2.05, 4.69) is 0 Å². The van der Waals surface area contributed by atoms with E-state index in [0.29, 0.717) is 11.4 Å². The number of nitrogens with zero attached hydrogens (tertiary/aromatic N) is 1. The maximum atomic E-state index is 11.2. The van der Waals surface area contributed by atoms with E-state index in [4.69, 9.17) is 10.9 Å². The van der Waals surface area contributed by atoms with Crippen molar-refractivity contribution in [2.45, 2.75) is 6.92 Å². The van der Waals surface area contributed by atoms with Gasteiger partial charge < -0.3 is 5.73 Å². The summed E-state index contributed by atoms with van der Waals surface area (Å²) in [4.78, 5) is 0. The topological polar surface area (TPSA) is 89.4 Å². The zero-order valence-electron chi connectivity index (χ0n) is 7.84. The van der Waals surface area contributed by atoms with Crippen molar-refractivity contribution in [1.29, 1.82) is 0 Å². The average molecular weight is 215 g/mol. The standard InChI is InChI=1S/C8H13N3O2S/c1-2-11(14(10,12)13)8-6-4-3-5-7(8)9/h3-6H,2,9H2,1H3,(H2,10,12,13). The molecule has 0 unspecified atom stereocenters. The van der Waals surface area contributed by atoms with Gasteiger partial charge >= 0.3 is 0 Å². The van der Waals surface area contributed by atoms with Crippen molar-refractivity contribution in [3.05, 3.63) is 24.3 Å². The van der Waals surface area contributed by atoms with Gasteiger partial charge in [-0.1, -0.05) is 12.1 Å². The molecule has 0 bridgehead atoms. The van der Waals surface area contributed by atoms with E-state index < -0.39 is 10.2 Å². The number of anilines is 2. The van der Waals surface area contributed by atoms with Gasteiger partial charge in [0.25, 0.3) is 10.2 Å². The summed E-state index contributed by atoms with van der Waals surface area (Å²) >= 11 is 0. The van der Waals surface area contributed by atoms with Gasteiger partial charge in [0.15, 0.2) is 0 Å². The molecule has 0 atom stereocenters. The quantitative estimate of drug-likeness (QED) is 0.710. The number of nitrogens with two attached hydrogens (primary N) is 2. The summed E-state index contributed by atoms with van der Waals surface area (Å²) in [7, 11) is -3.74. The highest BCUT2D eigenvalue weighted by molar-refractivity contribution is 7.90. The third-order valence-corrected chi connectivity index (χ3v) is 2.87. The van der Waals surface area contributed by atoms with Crippen molar-refractivity contribution in [2.24, 2.45) is 5.14 Å². The van der Waals surface area contributed by atoms with Crippen LogP contribution in [0, 0.1) is 0 Å². The van der Waals surface area contributed by atoms with Crippen LogP contribution in [0.25, 0.3) is 0 Å². The van der Waals surface area contributed by atoms with Crippen LogP contribution in [0.2, 0.25) is 0 Å². The van der Waals surface area contributed by atoms with Gasteiger partial charge in [0.05, 0.1) is 11.4 Å². The van der Waals surface area contributed by atoms with Crippen LogP contribution < -0.4 is 15.2 Å². The highest BCUT2D eigenvalue weighted by Gasteiger charge is 2.17. The first-order valence-corrected chi connectivity index (χ1v) is 5.62. The second-order valence-corrected chi connectivity index (χ2v) is 4.24. The van der Waals surface area contributed by atoms with Gasteiger partial charge in [0.2, 0.25) is 0 Å². The molecule has 0 saturated heterocycles. The predicted octanol–water partition coefficient (Wildman–Crippen LogP) is 0.299. The predicted molar refractivity (Wildman–Crippen MR) is 57.0 cm³/mol. The molecule has 0 radical (unpaired) electrons. The molecule has 78 valence electrons. The Morgan fingerprint density at radius 1 is 1.36 bits per heavy atom. The van der Waals surface area contributed by atoms with E-state index in [1.165, 1.54) is 0 Å². The molecule has 0 fully saturated rings. The normalized spacial score (nSPS) is 11.3. The Morgan fingerprint density at radius 3 is 2.36 bits per heavy atom. The molecule has 1 aromatic carbocycles. The summed E-state index contributed by atoms with van der Waals surface area (Å²) < 4.78 is 23.4. The summed E-state index contributed by atoms with van der Waals surface area (Å²) in [5.41, 5.74) is 6.44. The van der Waals surface area contributed by atoms with Crippen LogP contribution in [-0.4, -0.2) is 15.0 Å². The molecule has 0 amide bonds. The number of hydrogen-bond acceptors (Lipinski definition) is 3. The fourth-order valence-electron chi connectivity index (χ4n) is 1.20. The fourth-order valence-corrected chi connectivity index (χ4v) is 2.00. The minimum Gasteiger partial charge on any atom is -0.397 e. The molecule has 1 aromatic rings. The van der Waals surface area contributed by atoms with Crippen molar-refractivity contribution < 1.29 is 8.42 Å². The van der Waals surface area contributed by atoms with Crippen LogP contribution in [0.5, 0.6) is 0 Å². The second kappa shape index (κ2) is 3.85. The Kier molecular flexibility index (Phi) is 2.97. The van der Waals surface area contributed by atoms with Crippen molar-refractivity contribution in [2.75, 3.05) is 16.6 Å². The van der Waals surface area contributed by atoms with Crippen LogP contribution in [0.3, 0.4) is 0 Å². The summed E-state index contributed by atoms with van der Waals surface area (Å²) in [6.07, 6.45) is 0. The van der Waals surface area contributed by atoms with E-state index in [-0.39, 0.29) is 6.54 Å². The Morgan fingerprint density at radius 2 is 1.93 bits per heavy atom. The fraction of sp³-hybridized carbons (Fsp3) is 0.250. The minimum atomic E-state index is -3.74. The molecule has 5 nitrogen and oxygen atoms in total. The molecule has 1 rings (SSSR count). The molecular weight excluding hydrogens is 202 g/mol. The molecule has 0 heterocycles. The van der Waals surface area contributed by atoms with Crippen LogP contribution in [0.1, 0.15) is 6.92 Å². The zero-order valence-corrected chi connectivity index (χ0v) is 8.66. The molecule has 0 aliphatic rings. The number of hydrogen-bond donors (Lipinski definition) is 2. The van der Waals surface area contributed by atoms with Crippen LogP contribution in [-0.2, 0) is 10.2 Å². The maximum absolute atomic E-state index is 11.2. The molecule has 0 saturated carbocycles. The Hall–Kier alpha value is -1.27. The monoisotopic (exact) mass is 215 g/mol. The lowest BCUT2D eigenvalue weighted by Gasteiger charge is -2.21. The Labute approximate surface area is 83.5 Å². The summed E-state index contributed by atoms with van der Waals surface area (Å²) in [5, 5.41) is 5.03. The molecule has 14 heavy (non-hydrogen) atoms. The van der Waals surface area contributed by atoms with E-state index in [1.807, 2.05) is 0 Å². The van der Waals surface area contributed by atoms with Crippen LogP contribution >= 0.6 is 0 Å². The van der Waals surface area contributed by atoms with Gasteiger partial charge in [0, 0.05) is 6.54 Å². The number of rotatable bonds is 3. The lowest BCUT2D eigenvalue weighted by molar-refractivity contribution is 0.593. The van der Waals surface area contributed by atoms with Gasteiger partial charge in [-0.2, -0.15) is 8.42 Å². The van der Waals surface area contributed by atoms with Gasteiger partial charge in [-0.25, -0.2) is 5.14 Å². The lowest BCUT2D eigenvalue weighted by Crippen LogP contribution is -2.36.